The second-order valence-corrected chi connectivity index (χ2v) is 7.45. The summed E-state index contributed by atoms with van der Waals surface area (Å²) in [6.07, 6.45) is 3.23. The maximum Gasteiger partial charge on any atom is 0.261 e. The van der Waals surface area contributed by atoms with Crippen molar-refractivity contribution in [3.63, 3.8) is 0 Å². The number of amides is 1. The zero-order valence-electron chi connectivity index (χ0n) is 14.2. The third-order valence-electron chi connectivity index (χ3n) is 4.30. The molecule has 0 aliphatic carbocycles. The summed E-state index contributed by atoms with van der Waals surface area (Å²) < 4.78 is 0. The molecule has 5 heteroatoms. The Bertz CT molecular complexity index is 478. The Hall–Kier alpha value is -0.910. The monoisotopic (exact) mass is 323 g/mol. The molecule has 1 aromatic heterocycles. The second-order valence-electron chi connectivity index (χ2n) is 6.20. The number of carbonyl (C=O) groups is 1. The van der Waals surface area contributed by atoms with E-state index in [0.29, 0.717) is 0 Å². The van der Waals surface area contributed by atoms with Gasteiger partial charge in [-0.2, -0.15) is 0 Å². The molecule has 0 atom stereocenters. The average Bonchev–Trinajstić information content (AvgIpc) is 2.87. The largest absolute Gasteiger partial charge is 0.351 e. The van der Waals surface area contributed by atoms with E-state index in [4.69, 9.17) is 0 Å². The van der Waals surface area contributed by atoms with E-state index < -0.39 is 0 Å². The normalized spacial score (nSPS) is 16.9. The average molecular weight is 324 g/mol. The number of nitrogens with zero attached hydrogens (tertiary/aromatic N) is 2. The summed E-state index contributed by atoms with van der Waals surface area (Å²) in [5.74, 6) is 0.0915. The van der Waals surface area contributed by atoms with Gasteiger partial charge in [0, 0.05) is 37.6 Å². The smallest absolute Gasteiger partial charge is 0.261 e. The summed E-state index contributed by atoms with van der Waals surface area (Å²) in [4.78, 5) is 19.2. The molecule has 124 valence electrons. The molecule has 22 heavy (non-hydrogen) atoms. The number of nitrogens with one attached hydrogen (secondary N) is 1. The predicted octanol–water partition coefficient (Wildman–Crippen LogP) is 2.38. The van der Waals surface area contributed by atoms with Crippen LogP contribution < -0.4 is 5.32 Å². The first-order valence-corrected chi connectivity index (χ1v) is 9.20. The molecule has 4 nitrogen and oxygen atoms in total. The third-order valence-corrected chi connectivity index (χ3v) is 5.39. The molecular formula is C17H29N3OS. The van der Waals surface area contributed by atoms with Crippen LogP contribution in [-0.4, -0.2) is 62.0 Å². The number of piperazine rings is 1. The van der Waals surface area contributed by atoms with Crippen molar-refractivity contribution in [1.29, 1.82) is 0 Å². The molecule has 1 fully saturated rings. The fourth-order valence-corrected chi connectivity index (χ4v) is 3.80. The number of thiophene rings is 1. The van der Waals surface area contributed by atoms with Gasteiger partial charge in [0.25, 0.3) is 5.91 Å². The molecule has 1 amide bonds. The molecule has 1 N–H and O–H groups in total. The second kappa shape index (κ2) is 8.65. The zero-order valence-corrected chi connectivity index (χ0v) is 15.0. The van der Waals surface area contributed by atoms with E-state index >= 15 is 0 Å². The summed E-state index contributed by atoms with van der Waals surface area (Å²) in [5, 5.41) is 3.06. The number of rotatable bonds is 7. The van der Waals surface area contributed by atoms with Crippen LogP contribution in [0.15, 0.2) is 6.07 Å². The van der Waals surface area contributed by atoms with E-state index in [1.54, 1.807) is 11.3 Å². The van der Waals surface area contributed by atoms with Gasteiger partial charge in [0.1, 0.15) is 0 Å². The SMILES string of the molecule is CCCc1cc(C(=O)NCCCN2CCN(C)CC2)sc1C. The molecule has 1 aliphatic rings. The van der Waals surface area contributed by atoms with E-state index in [0.717, 1.165) is 63.4 Å². The van der Waals surface area contributed by atoms with E-state index in [1.807, 2.05) is 0 Å². The standard InChI is InChI=1S/C17H29N3OS/c1-4-6-15-13-16(22-14(15)2)17(21)18-7-5-8-20-11-9-19(3)10-12-20/h13H,4-12H2,1-3H3,(H,18,21). The van der Waals surface area contributed by atoms with Crippen molar-refractivity contribution in [3.8, 4) is 0 Å². The number of hydrogen-bond acceptors (Lipinski definition) is 4. The van der Waals surface area contributed by atoms with Crippen molar-refractivity contribution in [2.24, 2.45) is 0 Å². The number of likely N-dealkylation sites (N-methyl/N-ethyl adjacent to an activating group) is 1. The Balaban J connectivity index is 1.68. The fourth-order valence-electron chi connectivity index (χ4n) is 2.81. The molecule has 0 spiro atoms. The van der Waals surface area contributed by atoms with Gasteiger partial charge in [-0.3, -0.25) is 4.79 Å². The highest BCUT2D eigenvalue weighted by atomic mass is 32.1. The molecule has 2 rings (SSSR count). The lowest BCUT2D eigenvalue weighted by molar-refractivity contribution is 0.0953. The number of aryl methyl sites for hydroxylation is 2. The van der Waals surface area contributed by atoms with Gasteiger partial charge in [-0.1, -0.05) is 13.3 Å². The van der Waals surface area contributed by atoms with Gasteiger partial charge < -0.3 is 15.1 Å². The van der Waals surface area contributed by atoms with Crippen molar-refractivity contribution in [2.45, 2.75) is 33.1 Å². The first kappa shape index (κ1) is 17.4. The molecule has 2 heterocycles. The Morgan fingerprint density at radius 1 is 1.32 bits per heavy atom. The lowest BCUT2D eigenvalue weighted by Gasteiger charge is -2.32. The van der Waals surface area contributed by atoms with E-state index in [2.05, 4.69) is 42.1 Å². The molecule has 1 aromatic rings. The van der Waals surface area contributed by atoms with Crippen molar-refractivity contribution in [3.05, 3.63) is 21.4 Å². The first-order chi connectivity index (χ1) is 10.6. The van der Waals surface area contributed by atoms with Crippen molar-refractivity contribution in [2.75, 3.05) is 46.3 Å². The van der Waals surface area contributed by atoms with Crippen molar-refractivity contribution in [1.82, 2.24) is 15.1 Å². The molecule has 1 aliphatic heterocycles. The van der Waals surface area contributed by atoms with Crippen molar-refractivity contribution >= 4 is 17.2 Å². The molecular weight excluding hydrogens is 294 g/mol. The summed E-state index contributed by atoms with van der Waals surface area (Å²) in [7, 11) is 2.17. The maximum atomic E-state index is 12.2. The van der Waals surface area contributed by atoms with Crippen LogP contribution in [0.5, 0.6) is 0 Å². The highest BCUT2D eigenvalue weighted by Crippen LogP contribution is 2.22. The Morgan fingerprint density at radius 3 is 2.73 bits per heavy atom. The van der Waals surface area contributed by atoms with E-state index in [-0.39, 0.29) is 5.91 Å². The van der Waals surface area contributed by atoms with Crippen LogP contribution in [0.25, 0.3) is 0 Å². The van der Waals surface area contributed by atoms with Gasteiger partial charge in [-0.25, -0.2) is 0 Å². The zero-order chi connectivity index (χ0) is 15.9. The van der Waals surface area contributed by atoms with Crippen LogP contribution in [0.4, 0.5) is 0 Å². The summed E-state index contributed by atoms with van der Waals surface area (Å²) in [5.41, 5.74) is 1.33. The van der Waals surface area contributed by atoms with Crippen LogP contribution in [0.1, 0.15) is 39.9 Å². The predicted molar refractivity (Wildman–Crippen MR) is 93.9 cm³/mol. The molecule has 0 bridgehead atoms. The summed E-state index contributed by atoms with van der Waals surface area (Å²) in [6, 6.07) is 2.07. The van der Waals surface area contributed by atoms with Crippen molar-refractivity contribution < 1.29 is 4.79 Å². The van der Waals surface area contributed by atoms with E-state index in [9.17, 15) is 4.79 Å². The minimum atomic E-state index is 0.0915. The number of carbonyl (C=O) groups excluding carboxylic acids is 1. The van der Waals surface area contributed by atoms with Crippen LogP contribution in [0, 0.1) is 6.92 Å². The lowest BCUT2D eigenvalue weighted by atomic mass is 10.1. The Labute approximate surface area is 138 Å². The highest BCUT2D eigenvalue weighted by molar-refractivity contribution is 7.14. The molecule has 0 aromatic carbocycles. The minimum absolute atomic E-state index is 0.0915. The van der Waals surface area contributed by atoms with Gasteiger partial charge in [0.05, 0.1) is 4.88 Å². The van der Waals surface area contributed by atoms with Gasteiger partial charge in [-0.15, -0.1) is 11.3 Å². The minimum Gasteiger partial charge on any atom is -0.351 e. The summed E-state index contributed by atoms with van der Waals surface area (Å²) in [6.45, 7) is 10.7. The molecule has 0 saturated carbocycles. The quantitative estimate of drug-likeness (QED) is 0.783. The van der Waals surface area contributed by atoms with E-state index in [1.165, 1.54) is 10.4 Å². The van der Waals surface area contributed by atoms with Gasteiger partial charge in [0.2, 0.25) is 0 Å². The summed E-state index contributed by atoms with van der Waals surface area (Å²) >= 11 is 1.62. The van der Waals surface area contributed by atoms with Crippen LogP contribution >= 0.6 is 11.3 Å². The maximum absolute atomic E-state index is 12.2. The van der Waals surface area contributed by atoms with Gasteiger partial charge >= 0.3 is 0 Å². The van der Waals surface area contributed by atoms with Crippen LogP contribution in [0.2, 0.25) is 0 Å². The van der Waals surface area contributed by atoms with Gasteiger partial charge in [-0.05, 0) is 45.0 Å². The van der Waals surface area contributed by atoms with Crippen LogP contribution in [0.3, 0.4) is 0 Å². The number of hydrogen-bond donors (Lipinski definition) is 1. The highest BCUT2D eigenvalue weighted by Gasteiger charge is 2.14. The van der Waals surface area contributed by atoms with Gasteiger partial charge in [0.15, 0.2) is 0 Å². The third kappa shape index (κ3) is 5.07. The Kier molecular flexibility index (Phi) is 6.86. The molecule has 0 unspecified atom stereocenters. The first-order valence-electron chi connectivity index (χ1n) is 8.38. The fraction of sp³-hybridized carbons (Fsp3) is 0.706. The molecule has 0 radical (unpaired) electrons. The molecule has 1 saturated heterocycles. The lowest BCUT2D eigenvalue weighted by Crippen LogP contribution is -2.45. The Morgan fingerprint density at radius 2 is 2.05 bits per heavy atom. The topological polar surface area (TPSA) is 35.6 Å². The van der Waals surface area contributed by atoms with Crippen LogP contribution in [-0.2, 0) is 6.42 Å².